The van der Waals surface area contributed by atoms with Crippen molar-refractivity contribution in [1.82, 2.24) is 0 Å². The molecule has 1 aromatic rings. The molecular formula is C11H16F2N2. The summed E-state index contributed by atoms with van der Waals surface area (Å²) >= 11 is 0. The second-order valence-corrected chi connectivity index (χ2v) is 3.99. The highest BCUT2D eigenvalue weighted by molar-refractivity contribution is 5.55. The normalized spacial score (nSPS) is 15.1. The van der Waals surface area contributed by atoms with E-state index in [9.17, 15) is 8.78 Å². The Morgan fingerprint density at radius 3 is 2.27 bits per heavy atom. The molecule has 0 spiro atoms. The first kappa shape index (κ1) is 11.9. The maximum absolute atomic E-state index is 12.8. The summed E-state index contributed by atoms with van der Waals surface area (Å²) in [7, 11) is 3.61. The number of nitrogens with two attached hydrogens (primary N) is 1. The van der Waals surface area contributed by atoms with Crippen LogP contribution in [0.3, 0.4) is 0 Å². The first-order valence-corrected chi connectivity index (χ1v) is 4.71. The predicted octanol–water partition coefficient (Wildman–Crippen LogP) is 2.19. The van der Waals surface area contributed by atoms with Gasteiger partial charge in [0.05, 0.1) is 0 Å². The van der Waals surface area contributed by atoms with Crippen LogP contribution in [-0.2, 0) is 5.54 Å². The van der Waals surface area contributed by atoms with E-state index in [-0.39, 0.29) is 0 Å². The second kappa shape index (κ2) is 4.14. The van der Waals surface area contributed by atoms with Crippen LogP contribution in [0.4, 0.5) is 14.5 Å². The van der Waals surface area contributed by atoms with Gasteiger partial charge in [-0.1, -0.05) is 18.2 Å². The molecule has 0 saturated carbocycles. The summed E-state index contributed by atoms with van der Waals surface area (Å²) in [5.74, 6) is 0. The fourth-order valence-electron chi connectivity index (χ4n) is 1.44. The predicted molar refractivity (Wildman–Crippen MR) is 58.3 cm³/mol. The molecular weight excluding hydrogens is 198 g/mol. The Morgan fingerprint density at radius 2 is 1.80 bits per heavy atom. The van der Waals surface area contributed by atoms with E-state index in [1.807, 2.05) is 0 Å². The van der Waals surface area contributed by atoms with E-state index in [1.54, 1.807) is 43.3 Å². The topological polar surface area (TPSA) is 29.3 Å². The number of alkyl halides is 2. The summed E-state index contributed by atoms with van der Waals surface area (Å²) in [5, 5.41) is 0. The fraction of sp³-hybridized carbons (Fsp3) is 0.455. The Balaban J connectivity index is 3.24. The van der Waals surface area contributed by atoms with Crippen molar-refractivity contribution in [2.45, 2.75) is 18.9 Å². The van der Waals surface area contributed by atoms with Crippen molar-refractivity contribution in [3.63, 3.8) is 0 Å². The number of hydrogen-bond donors (Lipinski definition) is 1. The Hall–Kier alpha value is -1.16. The average Bonchev–Trinajstić information content (AvgIpc) is 2.17. The zero-order valence-corrected chi connectivity index (χ0v) is 9.17. The van der Waals surface area contributed by atoms with E-state index in [0.29, 0.717) is 5.56 Å². The van der Waals surface area contributed by atoms with Crippen molar-refractivity contribution < 1.29 is 8.78 Å². The molecule has 2 nitrogen and oxygen atoms in total. The molecule has 1 rings (SSSR count). The standard InChI is InChI=1S/C11H16F2N2/c1-11(14,10(12)13)8-6-4-5-7-9(8)15(2)3/h4-7,10H,14H2,1-3H3. The zero-order chi connectivity index (χ0) is 11.6. The largest absolute Gasteiger partial charge is 0.377 e. The minimum absolute atomic E-state index is 0.463. The molecule has 0 amide bonds. The van der Waals surface area contributed by atoms with Crippen LogP contribution in [0.2, 0.25) is 0 Å². The van der Waals surface area contributed by atoms with Gasteiger partial charge in [0.25, 0.3) is 6.43 Å². The number of para-hydroxylation sites is 1. The summed E-state index contributed by atoms with van der Waals surface area (Å²) in [6.07, 6.45) is -2.58. The molecule has 0 aliphatic rings. The number of anilines is 1. The van der Waals surface area contributed by atoms with Crippen molar-refractivity contribution in [2.75, 3.05) is 19.0 Å². The van der Waals surface area contributed by atoms with Gasteiger partial charge in [-0.2, -0.15) is 0 Å². The number of rotatable bonds is 3. The SMILES string of the molecule is CN(C)c1ccccc1C(C)(N)C(F)F. The van der Waals surface area contributed by atoms with Gasteiger partial charge in [0, 0.05) is 25.3 Å². The highest BCUT2D eigenvalue weighted by atomic mass is 19.3. The first-order valence-electron chi connectivity index (χ1n) is 4.71. The Kier molecular flexibility index (Phi) is 3.29. The van der Waals surface area contributed by atoms with Gasteiger partial charge in [-0.3, -0.25) is 0 Å². The lowest BCUT2D eigenvalue weighted by Crippen LogP contribution is -2.41. The van der Waals surface area contributed by atoms with Gasteiger partial charge in [-0.05, 0) is 13.0 Å². The van der Waals surface area contributed by atoms with Crippen LogP contribution < -0.4 is 10.6 Å². The number of benzene rings is 1. The third-order valence-electron chi connectivity index (χ3n) is 2.42. The third-order valence-corrected chi connectivity index (χ3v) is 2.42. The summed E-state index contributed by atoms with van der Waals surface area (Å²) in [4.78, 5) is 1.78. The van der Waals surface area contributed by atoms with Crippen molar-refractivity contribution >= 4 is 5.69 Å². The van der Waals surface area contributed by atoms with Crippen molar-refractivity contribution in [3.8, 4) is 0 Å². The molecule has 0 aliphatic heterocycles. The van der Waals surface area contributed by atoms with E-state index >= 15 is 0 Å². The van der Waals surface area contributed by atoms with E-state index in [0.717, 1.165) is 5.69 Å². The van der Waals surface area contributed by atoms with Crippen molar-refractivity contribution in [1.29, 1.82) is 0 Å². The fourth-order valence-corrected chi connectivity index (χ4v) is 1.44. The first-order chi connectivity index (χ1) is 6.87. The van der Waals surface area contributed by atoms with Gasteiger partial charge in [0.2, 0.25) is 0 Å². The minimum atomic E-state index is -2.58. The van der Waals surface area contributed by atoms with Gasteiger partial charge < -0.3 is 10.6 Å². The summed E-state index contributed by atoms with van der Waals surface area (Å²) in [6.45, 7) is 1.35. The maximum atomic E-state index is 12.8. The van der Waals surface area contributed by atoms with E-state index in [1.165, 1.54) is 6.92 Å². The average molecular weight is 214 g/mol. The van der Waals surface area contributed by atoms with Crippen molar-refractivity contribution in [3.05, 3.63) is 29.8 Å². The van der Waals surface area contributed by atoms with Crippen LogP contribution >= 0.6 is 0 Å². The van der Waals surface area contributed by atoms with E-state index < -0.39 is 12.0 Å². The molecule has 4 heteroatoms. The number of halogens is 2. The van der Waals surface area contributed by atoms with Crippen molar-refractivity contribution in [2.24, 2.45) is 5.73 Å². The van der Waals surface area contributed by atoms with Gasteiger partial charge in [0.15, 0.2) is 0 Å². The molecule has 2 N–H and O–H groups in total. The van der Waals surface area contributed by atoms with Gasteiger partial charge in [-0.25, -0.2) is 8.78 Å². The van der Waals surface area contributed by atoms with Crippen LogP contribution in [0.1, 0.15) is 12.5 Å². The lowest BCUT2D eigenvalue weighted by Gasteiger charge is -2.29. The summed E-state index contributed by atoms with van der Waals surface area (Å²) in [5.41, 5.74) is 5.22. The molecule has 0 heterocycles. The van der Waals surface area contributed by atoms with E-state index in [2.05, 4.69) is 0 Å². The molecule has 0 aromatic heterocycles. The molecule has 0 radical (unpaired) electrons. The molecule has 0 aliphatic carbocycles. The molecule has 0 bridgehead atoms. The number of nitrogens with zero attached hydrogens (tertiary/aromatic N) is 1. The van der Waals surface area contributed by atoms with Crippen LogP contribution in [0.25, 0.3) is 0 Å². The Labute approximate surface area is 88.7 Å². The molecule has 0 fully saturated rings. The molecule has 1 aromatic carbocycles. The monoisotopic (exact) mass is 214 g/mol. The third kappa shape index (κ3) is 2.26. The summed E-state index contributed by atoms with van der Waals surface area (Å²) < 4.78 is 25.6. The highest BCUT2D eigenvalue weighted by Gasteiger charge is 2.34. The molecule has 1 atom stereocenters. The van der Waals surface area contributed by atoms with Gasteiger partial charge in [0.1, 0.15) is 5.54 Å². The second-order valence-electron chi connectivity index (χ2n) is 3.99. The van der Waals surface area contributed by atoms with Crippen LogP contribution in [0.15, 0.2) is 24.3 Å². The van der Waals surface area contributed by atoms with Gasteiger partial charge >= 0.3 is 0 Å². The molecule has 1 unspecified atom stereocenters. The number of hydrogen-bond acceptors (Lipinski definition) is 2. The van der Waals surface area contributed by atoms with E-state index in [4.69, 9.17) is 5.73 Å². The van der Waals surface area contributed by atoms with Crippen LogP contribution in [0, 0.1) is 0 Å². The molecule has 15 heavy (non-hydrogen) atoms. The molecule has 0 saturated heterocycles. The highest BCUT2D eigenvalue weighted by Crippen LogP contribution is 2.32. The lowest BCUT2D eigenvalue weighted by molar-refractivity contribution is 0.0628. The quantitative estimate of drug-likeness (QED) is 0.835. The smallest absolute Gasteiger partial charge is 0.260 e. The van der Waals surface area contributed by atoms with Crippen LogP contribution in [-0.4, -0.2) is 20.5 Å². The molecule has 84 valence electrons. The van der Waals surface area contributed by atoms with Crippen LogP contribution in [0.5, 0.6) is 0 Å². The summed E-state index contributed by atoms with van der Waals surface area (Å²) in [6, 6.07) is 6.94. The Morgan fingerprint density at radius 1 is 1.27 bits per heavy atom. The zero-order valence-electron chi connectivity index (χ0n) is 9.17. The lowest BCUT2D eigenvalue weighted by atomic mass is 9.92. The van der Waals surface area contributed by atoms with Gasteiger partial charge in [-0.15, -0.1) is 0 Å². The maximum Gasteiger partial charge on any atom is 0.260 e. The minimum Gasteiger partial charge on any atom is -0.377 e. The Bertz CT molecular complexity index is 335.